The molecule has 0 aromatic heterocycles. The molecule has 1 saturated heterocycles. The van der Waals surface area contributed by atoms with Crippen molar-refractivity contribution in [2.24, 2.45) is 0 Å². The second-order valence-electron chi connectivity index (χ2n) is 8.82. The number of methoxy groups -OCH3 is 2. The van der Waals surface area contributed by atoms with E-state index in [-0.39, 0.29) is 35.2 Å². The Labute approximate surface area is 230 Å². The maximum Gasteiger partial charge on any atom is 0.264 e. The summed E-state index contributed by atoms with van der Waals surface area (Å²) in [5, 5.41) is 3.36. The summed E-state index contributed by atoms with van der Waals surface area (Å²) < 4.78 is 70.1. The lowest BCUT2D eigenvalue weighted by atomic mass is 10.00. The molecule has 3 aromatic rings. The zero-order chi connectivity index (χ0) is 26.6. The van der Waals surface area contributed by atoms with Gasteiger partial charge in [0, 0.05) is 35.1 Å². The number of ether oxygens (including phenoxy) is 2. The van der Waals surface area contributed by atoms with Gasteiger partial charge in [-0.1, -0.05) is 40.8 Å². The zero-order valence-electron chi connectivity index (χ0n) is 20.6. The van der Waals surface area contributed by atoms with Crippen LogP contribution in [-0.2, 0) is 20.9 Å². The minimum absolute atomic E-state index is 0.0316. The predicted molar refractivity (Wildman–Crippen MR) is 148 cm³/mol. The standard InChI is InChI=1S/C27H29F2IN2O4S/c1-35-26-11-9-21(15-27(26)36-2)37(33,34)32(17-20-5-4-12-31-20)25-10-8-18(16-30)13-19(25)14-22-23(28)6-3-7-24(22)29/h3,6-11,13,15,20,31H,4-5,12,14,16-17H2,1-2H3/t20-/m0/s1. The van der Waals surface area contributed by atoms with Crippen molar-refractivity contribution >= 4 is 38.3 Å². The molecule has 10 heteroatoms. The minimum Gasteiger partial charge on any atom is -0.493 e. The van der Waals surface area contributed by atoms with Gasteiger partial charge in [-0.25, -0.2) is 17.2 Å². The van der Waals surface area contributed by atoms with Crippen LogP contribution in [-0.4, -0.2) is 41.8 Å². The molecule has 1 heterocycles. The summed E-state index contributed by atoms with van der Waals surface area (Å²) in [4.78, 5) is 0.0316. The summed E-state index contributed by atoms with van der Waals surface area (Å²) in [6, 6.07) is 13.5. The molecule has 37 heavy (non-hydrogen) atoms. The van der Waals surface area contributed by atoms with Crippen LogP contribution in [0.5, 0.6) is 11.5 Å². The van der Waals surface area contributed by atoms with Gasteiger partial charge < -0.3 is 14.8 Å². The van der Waals surface area contributed by atoms with Crippen LogP contribution in [0, 0.1) is 11.6 Å². The van der Waals surface area contributed by atoms with Gasteiger partial charge >= 0.3 is 0 Å². The summed E-state index contributed by atoms with van der Waals surface area (Å²) in [6.07, 6.45) is 1.67. The van der Waals surface area contributed by atoms with Gasteiger partial charge in [0.05, 0.1) is 24.8 Å². The predicted octanol–water partition coefficient (Wildman–Crippen LogP) is 5.46. The fourth-order valence-electron chi connectivity index (χ4n) is 4.54. The Kier molecular flexibility index (Phi) is 8.91. The third-order valence-electron chi connectivity index (χ3n) is 6.49. The number of alkyl halides is 1. The second-order valence-corrected chi connectivity index (χ2v) is 11.4. The monoisotopic (exact) mass is 642 g/mol. The van der Waals surface area contributed by atoms with E-state index in [0.717, 1.165) is 24.9 Å². The quantitative estimate of drug-likeness (QED) is 0.235. The molecular formula is C27H29F2IN2O4S. The molecule has 6 nitrogen and oxygen atoms in total. The highest BCUT2D eigenvalue weighted by Gasteiger charge is 2.31. The van der Waals surface area contributed by atoms with Crippen molar-refractivity contribution in [2.75, 3.05) is 31.6 Å². The number of benzene rings is 3. The molecule has 3 aromatic carbocycles. The maximum atomic E-state index is 14.6. The summed E-state index contributed by atoms with van der Waals surface area (Å²) in [5.74, 6) is -0.640. The smallest absolute Gasteiger partial charge is 0.264 e. The molecule has 1 fully saturated rings. The van der Waals surface area contributed by atoms with E-state index < -0.39 is 21.7 Å². The van der Waals surface area contributed by atoms with Gasteiger partial charge in [-0.2, -0.15) is 0 Å². The molecule has 4 rings (SSSR count). The highest BCUT2D eigenvalue weighted by atomic mass is 127. The third kappa shape index (κ3) is 6.01. The Morgan fingerprint density at radius 2 is 1.76 bits per heavy atom. The number of sulfonamides is 1. The van der Waals surface area contributed by atoms with E-state index in [0.29, 0.717) is 21.4 Å². The van der Waals surface area contributed by atoms with Gasteiger partial charge in [-0.15, -0.1) is 0 Å². The highest BCUT2D eigenvalue weighted by molar-refractivity contribution is 14.1. The molecule has 1 N–H and O–H groups in total. The topological polar surface area (TPSA) is 67.9 Å². The molecule has 0 unspecified atom stereocenters. The van der Waals surface area contributed by atoms with E-state index >= 15 is 0 Å². The van der Waals surface area contributed by atoms with Crippen LogP contribution in [0.1, 0.15) is 29.5 Å². The number of halogens is 3. The normalized spacial score (nSPS) is 15.5. The van der Waals surface area contributed by atoms with Gasteiger partial charge in [0.2, 0.25) is 0 Å². The number of hydrogen-bond donors (Lipinski definition) is 1. The molecule has 1 atom stereocenters. The van der Waals surface area contributed by atoms with Crippen molar-refractivity contribution in [3.63, 3.8) is 0 Å². The lowest BCUT2D eigenvalue weighted by molar-refractivity contribution is 0.354. The van der Waals surface area contributed by atoms with Gasteiger partial charge in [0.25, 0.3) is 10.0 Å². The Hall–Kier alpha value is -2.44. The van der Waals surface area contributed by atoms with E-state index in [1.165, 1.54) is 48.9 Å². The Bertz CT molecular complexity index is 1340. The van der Waals surface area contributed by atoms with Crippen LogP contribution < -0.4 is 19.1 Å². The van der Waals surface area contributed by atoms with Crippen molar-refractivity contribution in [2.45, 2.75) is 34.6 Å². The summed E-state index contributed by atoms with van der Waals surface area (Å²) >= 11 is 2.21. The molecule has 1 aliphatic rings. The SMILES string of the molecule is COc1ccc(S(=O)(=O)N(C[C@@H]2CCCN2)c2ccc(CI)cc2Cc2c(F)cccc2F)cc1OC. The average Bonchev–Trinajstić information content (AvgIpc) is 3.42. The molecule has 0 amide bonds. The van der Waals surface area contributed by atoms with E-state index in [4.69, 9.17) is 9.47 Å². The Morgan fingerprint density at radius 1 is 1.03 bits per heavy atom. The maximum absolute atomic E-state index is 14.6. The number of nitrogens with one attached hydrogen (secondary N) is 1. The fraction of sp³-hybridized carbons (Fsp3) is 0.333. The second kappa shape index (κ2) is 12.0. The van der Waals surface area contributed by atoms with Gasteiger partial charge in [-0.05, 0) is 60.8 Å². The molecule has 0 saturated carbocycles. The minimum atomic E-state index is -4.09. The molecule has 1 aliphatic heterocycles. The molecule has 0 aliphatic carbocycles. The molecule has 0 radical (unpaired) electrons. The van der Waals surface area contributed by atoms with Crippen LogP contribution in [0.3, 0.4) is 0 Å². The summed E-state index contributed by atoms with van der Waals surface area (Å²) in [7, 11) is -1.16. The first-order chi connectivity index (χ1) is 17.8. The van der Waals surface area contributed by atoms with Crippen LogP contribution in [0.2, 0.25) is 0 Å². The molecule has 198 valence electrons. The van der Waals surface area contributed by atoms with E-state index in [9.17, 15) is 17.2 Å². The Balaban J connectivity index is 1.86. The first kappa shape index (κ1) is 27.6. The zero-order valence-corrected chi connectivity index (χ0v) is 23.6. The lowest BCUT2D eigenvalue weighted by Gasteiger charge is -2.30. The van der Waals surface area contributed by atoms with E-state index in [2.05, 4.69) is 27.9 Å². The van der Waals surface area contributed by atoms with Crippen LogP contribution >= 0.6 is 22.6 Å². The van der Waals surface area contributed by atoms with Gasteiger partial charge in [0.1, 0.15) is 11.6 Å². The van der Waals surface area contributed by atoms with Crippen molar-refractivity contribution in [1.29, 1.82) is 0 Å². The fourth-order valence-corrected chi connectivity index (χ4v) is 6.58. The summed E-state index contributed by atoms with van der Waals surface area (Å²) in [5.41, 5.74) is 1.75. The number of rotatable bonds is 10. The van der Waals surface area contributed by atoms with Crippen LogP contribution in [0.25, 0.3) is 0 Å². The van der Waals surface area contributed by atoms with Crippen molar-refractivity contribution in [3.8, 4) is 11.5 Å². The third-order valence-corrected chi connectivity index (χ3v) is 9.14. The first-order valence-electron chi connectivity index (χ1n) is 11.9. The molecular weight excluding hydrogens is 613 g/mol. The number of anilines is 1. The summed E-state index contributed by atoms with van der Waals surface area (Å²) in [6.45, 7) is 0.975. The average molecular weight is 643 g/mol. The number of nitrogens with zero attached hydrogens (tertiary/aromatic N) is 1. The van der Waals surface area contributed by atoms with E-state index in [1.807, 2.05) is 12.1 Å². The molecule has 0 bridgehead atoms. The van der Waals surface area contributed by atoms with E-state index in [1.54, 1.807) is 12.1 Å². The largest absolute Gasteiger partial charge is 0.493 e. The molecule has 0 spiro atoms. The van der Waals surface area contributed by atoms with Gasteiger partial charge in [-0.3, -0.25) is 4.31 Å². The number of hydrogen-bond acceptors (Lipinski definition) is 5. The van der Waals surface area contributed by atoms with Crippen molar-refractivity contribution in [3.05, 3.63) is 82.9 Å². The first-order valence-corrected chi connectivity index (χ1v) is 14.8. The highest BCUT2D eigenvalue weighted by Crippen LogP contribution is 2.35. The van der Waals surface area contributed by atoms with Crippen LogP contribution in [0.4, 0.5) is 14.5 Å². The van der Waals surface area contributed by atoms with Gasteiger partial charge in [0.15, 0.2) is 11.5 Å². The Morgan fingerprint density at radius 3 is 2.38 bits per heavy atom. The van der Waals surface area contributed by atoms with Crippen molar-refractivity contribution in [1.82, 2.24) is 5.32 Å². The van der Waals surface area contributed by atoms with Crippen LogP contribution in [0.15, 0.2) is 59.5 Å². The lowest BCUT2D eigenvalue weighted by Crippen LogP contribution is -2.41. The van der Waals surface area contributed by atoms with Crippen molar-refractivity contribution < 1.29 is 26.7 Å².